The standard InChI is InChI=1S/C12H17N/c1-10(13-9-11-7-8-11)12-5-3-2-4-6-12/h2-6,10-11,13H,7-9H2,1H3/t10-/m1/s1. The third-order valence-electron chi connectivity index (χ3n) is 2.71. The van der Waals surface area contributed by atoms with Crippen LogP contribution in [0.25, 0.3) is 0 Å². The van der Waals surface area contributed by atoms with E-state index in [1.807, 2.05) is 0 Å². The summed E-state index contributed by atoms with van der Waals surface area (Å²) in [4.78, 5) is 0. The van der Waals surface area contributed by atoms with Crippen molar-refractivity contribution in [3.63, 3.8) is 0 Å². The summed E-state index contributed by atoms with van der Waals surface area (Å²) in [5.41, 5.74) is 1.39. The molecule has 0 saturated heterocycles. The third-order valence-corrected chi connectivity index (χ3v) is 2.71. The van der Waals surface area contributed by atoms with E-state index in [2.05, 4.69) is 42.6 Å². The molecule has 2 rings (SSSR count). The lowest BCUT2D eigenvalue weighted by Crippen LogP contribution is -2.20. The fraction of sp³-hybridized carbons (Fsp3) is 0.500. The Morgan fingerprint density at radius 1 is 1.31 bits per heavy atom. The molecule has 0 bridgehead atoms. The van der Waals surface area contributed by atoms with Gasteiger partial charge in [0.1, 0.15) is 0 Å². The van der Waals surface area contributed by atoms with E-state index in [-0.39, 0.29) is 0 Å². The minimum Gasteiger partial charge on any atom is -0.310 e. The molecule has 0 spiro atoms. The molecule has 1 fully saturated rings. The molecule has 0 heterocycles. The van der Waals surface area contributed by atoms with Crippen LogP contribution < -0.4 is 5.32 Å². The molecule has 0 aliphatic heterocycles. The predicted octanol–water partition coefficient (Wildman–Crippen LogP) is 2.75. The molecule has 1 aromatic rings. The zero-order valence-electron chi connectivity index (χ0n) is 8.16. The number of nitrogens with one attached hydrogen (secondary N) is 1. The van der Waals surface area contributed by atoms with Crippen molar-refractivity contribution < 1.29 is 0 Å². The zero-order valence-corrected chi connectivity index (χ0v) is 8.16. The fourth-order valence-electron chi connectivity index (χ4n) is 1.52. The van der Waals surface area contributed by atoms with E-state index in [0.29, 0.717) is 6.04 Å². The molecule has 1 N–H and O–H groups in total. The first-order chi connectivity index (χ1) is 6.36. The van der Waals surface area contributed by atoms with Crippen LogP contribution in [0.15, 0.2) is 30.3 Å². The molecule has 0 unspecified atom stereocenters. The molecular formula is C12H17N. The molecule has 1 aromatic carbocycles. The van der Waals surface area contributed by atoms with Crippen molar-refractivity contribution in [3.8, 4) is 0 Å². The van der Waals surface area contributed by atoms with Gasteiger partial charge in [-0.25, -0.2) is 0 Å². The number of benzene rings is 1. The summed E-state index contributed by atoms with van der Waals surface area (Å²) < 4.78 is 0. The van der Waals surface area contributed by atoms with Gasteiger partial charge in [0.15, 0.2) is 0 Å². The molecule has 1 heteroatoms. The Kier molecular flexibility index (Phi) is 2.65. The Morgan fingerprint density at radius 2 is 2.00 bits per heavy atom. The maximum absolute atomic E-state index is 3.56. The van der Waals surface area contributed by atoms with Crippen molar-refractivity contribution in [1.29, 1.82) is 0 Å². The second kappa shape index (κ2) is 3.93. The van der Waals surface area contributed by atoms with Gasteiger partial charge in [-0.05, 0) is 37.8 Å². The summed E-state index contributed by atoms with van der Waals surface area (Å²) in [6.45, 7) is 3.42. The molecule has 1 saturated carbocycles. The summed E-state index contributed by atoms with van der Waals surface area (Å²) in [6.07, 6.45) is 2.85. The molecule has 1 aliphatic carbocycles. The maximum Gasteiger partial charge on any atom is 0.0291 e. The first kappa shape index (κ1) is 8.76. The van der Waals surface area contributed by atoms with Gasteiger partial charge in [-0.3, -0.25) is 0 Å². The van der Waals surface area contributed by atoms with Crippen LogP contribution in [-0.4, -0.2) is 6.54 Å². The lowest BCUT2D eigenvalue weighted by molar-refractivity contribution is 0.549. The minimum absolute atomic E-state index is 0.502. The van der Waals surface area contributed by atoms with E-state index in [1.54, 1.807) is 0 Å². The lowest BCUT2D eigenvalue weighted by atomic mass is 10.1. The van der Waals surface area contributed by atoms with Crippen LogP contribution in [0.1, 0.15) is 31.4 Å². The molecule has 1 atom stereocenters. The van der Waals surface area contributed by atoms with Crippen LogP contribution in [0, 0.1) is 5.92 Å². The summed E-state index contributed by atoms with van der Waals surface area (Å²) in [5, 5.41) is 3.56. The van der Waals surface area contributed by atoms with Crippen molar-refractivity contribution in [1.82, 2.24) is 5.32 Å². The van der Waals surface area contributed by atoms with Gasteiger partial charge in [0, 0.05) is 6.04 Å². The molecule has 1 aliphatic rings. The van der Waals surface area contributed by atoms with Crippen molar-refractivity contribution in [3.05, 3.63) is 35.9 Å². The van der Waals surface area contributed by atoms with E-state index in [9.17, 15) is 0 Å². The maximum atomic E-state index is 3.56. The molecule has 1 nitrogen and oxygen atoms in total. The Labute approximate surface area is 80.2 Å². The average molecular weight is 175 g/mol. The van der Waals surface area contributed by atoms with Gasteiger partial charge in [-0.1, -0.05) is 30.3 Å². The Balaban J connectivity index is 1.85. The Hall–Kier alpha value is -0.820. The van der Waals surface area contributed by atoms with Gasteiger partial charge in [0.05, 0.1) is 0 Å². The topological polar surface area (TPSA) is 12.0 Å². The van der Waals surface area contributed by atoms with E-state index in [1.165, 1.54) is 24.9 Å². The molecule has 0 radical (unpaired) electrons. The lowest BCUT2D eigenvalue weighted by Gasteiger charge is -2.13. The highest BCUT2D eigenvalue weighted by Crippen LogP contribution is 2.28. The molecule has 0 amide bonds. The molecule has 13 heavy (non-hydrogen) atoms. The second-order valence-corrected chi connectivity index (χ2v) is 3.98. The van der Waals surface area contributed by atoms with E-state index >= 15 is 0 Å². The molecule has 70 valence electrons. The minimum atomic E-state index is 0.502. The highest BCUT2D eigenvalue weighted by Gasteiger charge is 2.21. The number of rotatable bonds is 4. The first-order valence-electron chi connectivity index (χ1n) is 5.14. The summed E-state index contributed by atoms with van der Waals surface area (Å²) in [7, 11) is 0. The van der Waals surface area contributed by atoms with Crippen molar-refractivity contribution in [2.75, 3.05) is 6.54 Å². The van der Waals surface area contributed by atoms with Crippen molar-refractivity contribution in [2.24, 2.45) is 5.92 Å². The largest absolute Gasteiger partial charge is 0.310 e. The van der Waals surface area contributed by atoms with Gasteiger partial charge >= 0.3 is 0 Å². The van der Waals surface area contributed by atoms with Crippen LogP contribution in [0.2, 0.25) is 0 Å². The van der Waals surface area contributed by atoms with Crippen LogP contribution >= 0.6 is 0 Å². The second-order valence-electron chi connectivity index (χ2n) is 3.98. The van der Waals surface area contributed by atoms with E-state index < -0.39 is 0 Å². The van der Waals surface area contributed by atoms with Crippen LogP contribution in [0.5, 0.6) is 0 Å². The normalized spacial score (nSPS) is 18.5. The van der Waals surface area contributed by atoms with E-state index in [0.717, 1.165) is 5.92 Å². The van der Waals surface area contributed by atoms with Gasteiger partial charge in [0.25, 0.3) is 0 Å². The fourth-order valence-corrected chi connectivity index (χ4v) is 1.52. The van der Waals surface area contributed by atoms with Crippen LogP contribution in [0.3, 0.4) is 0 Å². The number of hydrogen-bond acceptors (Lipinski definition) is 1. The average Bonchev–Trinajstić information content (AvgIpc) is 2.99. The zero-order chi connectivity index (χ0) is 9.10. The third kappa shape index (κ3) is 2.56. The molecule has 0 aromatic heterocycles. The summed E-state index contributed by atoms with van der Waals surface area (Å²) in [5.74, 6) is 0.964. The van der Waals surface area contributed by atoms with Gasteiger partial charge in [-0.2, -0.15) is 0 Å². The highest BCUT2D eigenvalue weighted by molar-refractivity contribution is 5.18. The predicted molar refractivity (Wildman–Crippen MR) is 55.6 cm³/mol. The number of hydrogen-bond donors (Lipinski definition) is 1. The Morgan fingerprint density at radius 3 is 2.62 bits per heavy atom. The van der Waals surface area contributed by atoms with Crippen LogP contribution in [-0.2, 0) is 0 Å². The van der Waals surface area contributed by atoms with Gasteiger partial charge in [0.2, 0.25) is 0 Å². The SMILES string of the molecule is C[C@@H](NCC1CC1)c1ccccc1. The van der Waals surface area contributed by atoms with Gasteiger partial charge in [-0.15, -0.1) is 0 Å². The quantitative estimate of drug-likeness (QED) is 0.742. The van der Waals surface area contributed by atoms with Gasteiger partial charge < -0.3 is 5.32 Å². The van der Waals surface area contributed by atoms with E-state index in [4.69, 9.17) is 0 Å². The molecular weight excluding hydrogens is 158 g/mol. The summed E-state index contributed by atoms with van der Waals surface area (Å²) in [6, 6.07) is 11.1. The van der Waals surface area contributed by atoms with Crippen molar-refractivity contribution >= 4 is 0 Å². The summed E-state index contributed by atoms with van der Waals surface area (Å²) >= 11 is 0. The smallest absolute Gasteiger partial charge is 0.0291 e. The Bertz CT molecular complexity index is 251. The monoisotopic (exact) mass is 175 g/mol. The first-order valence-corrected chi connectivity index (χ1v) is 5.14. The van der Waals surface area contributed by atoms with Crippen molar-refractivity contribution in [2.45, 2.75) is 25.8 Å². The highest BCUT2D eigenvalue weighted by atomic mass is 14.9. The van der Waals surface area contributed by atoms with Crippen LogP contribution in [0.4, 0.5) is 0 Å².